The highest BCUT2D eigenvalue weighted by atomic mass is 35.5. The first-order chi connectivity index (χ1) is 10.1. The van der Waals surface area contributed by atoms with Gasteiger partial charge in [0.05, 0.1) is 13.1 Å². The lowest BCUT2D eigenvalue weighted by Crippen LogP contribution is -2.46. The van der Waals surface area contributed by atoms with Gasteiger partial charge in [0.2, 0.25) is 5.91 Å². The van der Waals surface area contributed by atoms with Crippen molar-refractivity contribution in [2.45, 2.75) is 25.4 Å². The number of aliphatic carboxylic acids is 1. The molecule has 1 aromatic rings. The molecule has 1 saturated heterocycles. The average Bonchev–Trinajstić information content (AvgIpc) is 3.06. The van der Waals surface area contributed by atoms with Crippen LogP contribution < -0.4 is 10.6 Å². The SMILES string of the molecule is Cl.O=C(CN1CCC[C@H]1C(=O)O)NC(=O)NCc1cccs1. The summed E-state index contributed by atoms with van der Waals surface area (Å²) in [4.78, 5) is 36.9. The van der Waals surface area contributed by atoms with E-state index < -0.39 is 23.9 Å². The number of urea groups is 1. The van der Waals surface area contributed by atoms with Crippen molar-refractivity contribution in [3.63, 3.8) is 0 Å². The van der Waals surface area contributed by atoms with Crippen LogP contribution in [0, 0.1) is 0 Å². The number of likely N-dealkylation sites (tertiary alicyclic amines) is 1. The van der Waals surface area contributed by atoms with Crippen molar-refractivity contribution in [2.75, 3.05) is 13.1 Å². The van der Waals surface area contributed by atoms with Crippen LogP contribution in [0.2, 0.25) is 0 Å². The Balaban J connectivity index is 0.00000242. The van der Waals surface area contributed by atoms with Gasteiger partial charge in [0.25, 0.3) is 0 Å². The standard InChI is InChI=1S/C13H17N3O4S.ClH/c17-11(8-16-5-1-4-10(16)12(18)19)15-13(20)14-7-9-3-2-6-21-9;/h2-3,6,10H,1,4-5,7-8H2,(H,18,19)(H2,14,15,17,20);1H/t10-;/m0./s1. The van der Waals surface area contributed by atoms with E-state index in [0.29, 0.717) is 19.5 Å². The normalized spacial score (nSPS) is 17.5. The Labute approximate surface area is 138 Å². The Kier molecular flexibility index (Phi) is 7.30. The molecule has 3 amide bonds. The smallest absolute Gasteiger partial charge is 0.321 e. The average molecular weight is 348 g/mol. The van der Waals surface area contributed by atoms with Crippen molar-refractivity contribution in [3.05, 3.63) is 22.4 Å². The highest BCUT2D eigenvalue weighted by molar-refractivity contribution is 7.09. The summed E-state index contributed by atoms with van der Waals surface area (Å²) in [7, 11) is 0. The number of carboxylic acid groups (broad SMARTS) is 1. The molecule has 2 rings (SSSR count). The highest BCUT2D eigenvalue weighted by Crippen LogP contribution is 2.16. The third-order valence-electron chi connectivity index (χ3n) is 3.25. The fourth-order valence-electron chi connectivity index (χ4n) is 2.27. The highest BCUT2D eigenvalue weighted by Gasteiger charge is 2.31. The minimum Gasteiger partial charge on any atom is -0.480 e. The van der Waals surface area contributed by atoms with Gasteiger partial charge in [-0.1, -0.05) is 6.07 Å². The summed E-state index contributed by atoms with van der Waals surface area (Å²) in [5, 5.41) is 15.7. The van der Waals surface area contributed by atoms with E-state index in [2.05, 4.69) is 10.6 Å². The number of amides is 3. The number of carbonyl (C=O) groups is 3. The molecule has 0 bridgehead atoms. The molecule has 3 N–H and O–H groups in total. The summed E-state index contributed by atoms with van der Waals surface area (Å²) in [6, 6.07) is 2.56. The lowest BCUT2D eigenvalue weighted by atomic mass is 10.2. The number of nitrogens with zero attached hydrogens (tertiary/aromatic N) is 1. The van der Waals surface area contributed by atoms with Crippen LogP contribution >= 0.6 is 23.7 Å². The molecule has 1 atom stereocenters. The van der Waals surface area contributed by atoms with Gasteiger partial charge in [-0.3, -0.25) is 19.8 Å². The number of imide groups is 1. The fourth-order valence-corrected chi connectivity index (χ4v) is 2.91. The Morgan fingerprint density at radius 3 is 2.82 bits per heavy atom. The Hall–Kier alpha value is -1.64. The van der Waals surface area contributed by atoms with Crippen molar-refractivity contribution in [1.29, 1.82) is 0 Å². The van der Waals surface area contributed by atoms with E-state index in [4.69, 9.17) is 5.11 Å². The van der Waals surface area contributed by atoms with Crippen molar-refractivity contribution in [2.24, 2.45) is 0 Å². The Bertz CT molecular complexity index is 523. The molecule has 0 unspecified atom stereocenters. The van der Waals surface area contributed by atoms with Crippen molar-refractivity contribution in [3.8, 4) is 0 Å². The van der Waals surface area contributed by atoms with Crippen LogP contribution in [0.25, 0.3) is 0 Å². The van der Waals surface area contributed by atoms with E-state index in [-0.39, 0.29) is 19.0 Å². The molecule has 1 aliphatic heterocycles. The largest absolute Gasteiger partial charge is 0.480 e. The zero-order valence-electron chi connectivity index (χ0n) is 11.8. The van der Waals surface area contributed by atoms with Gasteiger partial charge >= 0.3 is 12.0 Å². The van der Waals surface area contributed by atoms with E-state index in [1.54, 1.807) is 4.90 Å². The zero-order chi connectivity index (χ0) is 15.2. The number of halogens is 1. The number of hydrogen-bond acceptors (Lipinski definition) is 5. The second-order valence-electron chi connectivity index (χ2n) is 4.78. The summed E-state index contributed by atoms with van der Waals surface area (Å²) >= 11 is 1.51. The molecule has 122 valence electrons. The van der Waals surface area contributed by atoms with E-state index >= 15 is 0 Å². The molecule has 22 heavy (non-hydrogen) atoms. The predicted octanol–water partition coefficient (Wildman–Crippen LogP) is 1.04. The van der Waals surface area contributed by atoms with Crippen LogP contribution in [0.15, 0.2) is 17.5 Å². The number of nitrogens with one attached hydrogen (secondary N) is 2. The van der Waals surface area contributed by atoms with Gasteiger partial charge in [-0.25, -0.2) is 4.79 Å². The van der Waals surface area contributed by atoms with Crippen LogP contribution in [0.1, 0.15) is 17.7 Å². The molecule has 2 heterocycles. The van der Waals surface area contributed by atoms with Crippen molar-refractivity contribution in [1.82, 2.24) is 15.5 Å². The Morgan fingerprint density at radius 1 is 1.41 bits per heavy atom. The molecule has 1 fully saturated rings. The molecule has 1 aliphatic rings. The van der Waals surface area contributed by atoms with Gasteiger partial charge in [0, 0.05) is 4.88 Å². The summed E-state index contributed by atoms with van der Waals surface area (Å²) < 4.78 is 0. The van der Waals surface area contributed by atoms with Crippen LogP contribution in [0.3, 0.4) is 0 Å². The predicted molar refractivity (Wildman–Crippen MR) is 84.2 cm³/mol. The molecule has 0 radical (unpaired) electrons. The topological polar surface area (TPSA) is 98.7 Å². The molecular weight excluding hydrogens is 330 g/mol. The van der Waals surface area contributed by atoms with Gasteiger partial charge in [0.15, 0.2) is 0 Å². The number of carboxylic acids is 1. The van der Waals surface area contributed by atoms with Crippen molar-refractivity contribution < 1.29 is 19.5 Å². The molecule has 0 spiro atoms. The van der Waals surface area contributed by atoms with Gasteiger partial charge in [0.1, 0.15) is 6.04 Å². The second kappa shape index (κ2) is 8.72. The van der Waals surface area contributed by atoms with Gasteiger partial charge < -0.3 is 10.4 Å². The maximum atomic E-state index is 11.7. The molecule has 1 aromatic heterocycles. The molecule has 0 saturated carbocycles. The van der Waals surface area contributed by atoms with Crippen LogP contribution in [-0.4, -0.2) is 47.0 Å². The zero-order valence-corrected chi connectivity index (χ0v) is 13.4. The van der Waals surface area contributed by atoms with Crippen LogP contribution in [-0.2, 0) is 16.1 Å². The lowest BCUT2D eigenvalue weighted by Gasteiger charge is -2.19. The van der Waals surface area contributed by atoms with E-state index in [1.807, 2.05) is 17.5 Å². The first kappa shape index (κ1) is 18.4. The van der Waals surface area contributed by atoms with E-state index in [0.717, 1.165) is 11.3 Å². The van der Waals surface area contributed by atoms with Crippen LogP contribution in [0.5, 0.6) is 0 Å². The fraction of sp³-hybridized carbons (Fsp3) is 0.462. The summed E-state index contributed by atoms with van der Waals surface area (Å²) in [6.45, 7) is 0.836. The maximum absolute atomic E-state index is 11.7. The summed E-state index contributed by atoms with van der Waals surface area (Å²) in [5.74, 6) is -1.42. The van der Waals surface area contributed by atoms with Crippen molar-refractivity contribution >= 4 is 41.7 Å². The third kappa shape index (κ3) is 5.28. The molecule has 0 aliphatic carbocycles. The van der Waals surface area contributed by atoms with E-state index in [1.165, 1.54) is 11.3 Å². The van der Waals surface area contributed by atoms with Gasteiger partial charge in [-0.2, -0.15) is 0 Å². The molecule has 0 aromatic carbocycles. The lowest BCUT2D eigenvalue weighted by molar-refractivity contribution is -0.142. The first-order valence-corrected chi connectivity index (χ1v) is 7.51. The third-order valence-corrected chi connectivity index (χ3v) is 4.13. The van der Waals surface area contributed by atoms with Gasteiger partial charge in [-0.05, 0) is 30.8 Å². The number of hydrogen-bond donors (Lipinski definition) is 3. The second-order valence-corrected chi connectivity index (χ2v) is 5.81. The summed E-state index contributed by atoms with van der Waals surface area (Å²) in [6.07, 6.45) is 1.28. The minimum absolute atomic E-state index is 0. The summed E-state index contributed by atoms with van der Waals surface area (Å²) in [5.41, 5.74) is 0. The molecular formula is C13H18ClN3O4S. The number of rotatable bonds is 5. The minimum atomic E-state index is -0.928. The first-order valence-electron chi connectivity index (χ1n) is 6.63. The van der Waals surface area contributed by atoms with Gasteiger partial charge in [-0.15, -0.1) is 23.7 Å². The molecule has 9 heteroatoms. The molecule has 7 nitrogen and oxygen atoms in total. The number of thiophene rings is 1. The number of carbonyl (C=O) groups excluding carboxylic acids is 2. The monoisotopic (exact) mass is 347 g/mol. The Morgan fingerprint density at radius 2 is 2.18 bits per heavy atom. The van der Waals surface area contributed by atoms with E-state index in [9.17, 15) is 14.4 Å². The maximum Gasteiger partial charge on any atom is 0.321 e. The quantitative estimate of drug-likeness (QED) is 0.739. The van der Waals surface area contributed by atoms with Crippen LogP contribution in [0.4, 0.5) is 4.79 Å².